The fourth-order valence-corrected chi connectivity index (χ4v) is 1.02. The van der Waals surface area contributed by atoms with E-state index in [-0.39, 0.29) is 5.84 Å². The first-order chi connectivity index (χ1) is 6.69. The summed E-state index contributed by atoms with van der Waals surface area (Å²) in [6.45, 7) is 1.66. The van der Waals surface area contributed by atoms with Gasteiger partial charge in [-0.05, 0) is 18.6 Å². The van der Waals surface area contributed by atoms with E-state index in [4.69, 9.17) is 16.1 Å². The maximum atomic E-state index is 8.55. The van der Waals surface area contributed by atoms with Gasteiger partial charge in [0, 0.05) is 5.56 Å². The van der Waals surface area contributed by atoms with Crippen LogP contribution in [0.4, 0.5) is 0 Å². The van der Waals surface area contributed by atoms with Crippen LogP contribution in [-0.2, 0) is 0 Å². The lowest BCUT2D eigenvalue weighted by molar-refractivity contribution is 0.318. The SMILES string of the molecule is C/C(=N\O)c1cccc(/C(N)=N/O)c1. The van der Waals surface area contributed by atoms with Crippen LogP contribution < -0.4 is 5.73 Å². The molecule has 0 saturated heterocycles. The van der Waals surface area contributed by atoms with Gasteiger partial charge in [0.15, 0.2) is 5.84 Å². The Kier molecular flexibility index (Phi) is 3.06. The second kappa shape index (κ2) is 4.27. The molecule has 0 atom stereocenters. The van der Waals surface area contributed by atoms with Crippen LogP contribution in [0.1, 0.15) is 18.1 Å². The van der Waals surface area contributed by atoms with Crippen LogP contribution in [0.3, 0.4) is 0 Å². The molecular weight excluding hydrogens is 182 g/mol. The molecule has 0 aromatic heterocycles. The highest BCUT2D eigenvalue weighted by Crippen LogP contribution is 2.06. The van der Waals surface area contributed by atoms with Gasteiger partial charge in [-0.1, -0.05) is 28.5 Å². The highest BCUT2D eigenvalue weighted by atomic mass is 16.4. The predicted octanol–water partition coefficient (Wildman–Crippen LogP) is 0.979. The quantitative estimate of drug-likeness (QED) is 0.283. The van der Waals surface area contributed by atoms with E-state index >= 15 is 0 Å². The normalized spacial score (nSPS) is 12.9. The molecule has 0 fully saturated rings. The summed E-state index contributed by atoms with van der Waals surface area (Å²) in [5.41, 5.74) is 7.17. The average molecular weight is 193 g/mol. The molecule has 0 heterocycles. The first kappa shape index (κ1) is 10.0. The zero-order valence-corrected chi connectivity index (χ0v) is 7.68. The van der Waals surface area contributed by atoms with Crippen molar-refractivity contribution < 1.29 is 10.4 Å². The molecule has 0 aliphatic carbocycles. The lowest BCUT2D eigenvalue weighted by Crippen LogP contribution is -2.13. The van der Waals surface area contributed by atoms with E-state index in [0.29, 0.717) is 11.3 Å². The Balaban J connectivity index is 3.14. The predicted molar refractivity (Wildman–Crippen MR) is 53.0 cm³/mol. The van der Waals surface area contributed by atoms with Crippen molar-refractivity contribution in [2.24, 2.45) is 16.0 Å². The van der Waals surface area contributed by atoms with E-state index in [1.807, 2.05) is 0 Å². The van der Waals surface area contributed by atoms with Crippen molar-refractivity contribution in [3.8, 4) is 0 Å². The van der Waals surface area contributed by atoms with Gasteiger partial charge in [-0.15, -0.1) is 0 Å². The number of hydrogen-bond acceptors (Lipinski definition) is 4. The fraction of sp³-hybridized carbons (Fsp3) is 0.111. The van der Waals surface area contributed by atoms with Crippen molar-refractivity contribution in [2.75, 3.05) is 0 Å². The van der Waals surface area contributed by atoms with Crippen molar-refractivity contribution in [1.82, 2.24) is 0 Å². The Hall–Kier alpha value is -2.04. The van der Waals surface area contributed by atoms with Crippen LogP contribution in [0.2, 0.25) is 0 Å². The highest BCUT2D eigenvalue weighted by Gasteiger charge is 2.02. The summed E-state index contributed by atoms with van der Waals surface area (Å²) >= 11 is 0. The molecule has 1 aromatic carbocycles. The zero-order valence-electron chi connectivity index (χ0n) is 7.68. The van der Waals surface area contributed by atoms with Gasteiger partial charge >= 0.3 is 0 Å². The van der Waals surface area contributed by atoms with Gasteiger partial charge in [0.1, 0.15) is 0 Å². The molecule has 5 nitrogen and oxygen atoms in total. The molecule has 4 N–H and O–H groups in total. The monoisotopic (exact) mass is 193 g/mol. The lowest BCUT2D eigenvalue weighted by Gasteiger charge is -2.01. The first-order valence-corrected chi connectivity index (χ1v) is 3.96. The first-order valence-electron chi connectivity index (χ1n) is 3.96. The van der Waals surface area contributed by atoms with Crippen LogP contribution in [-0.4, -0.2) is 22.0 Å². The Bertz CT molecular complexity index is 352. The van der Waals surface area contributed by atoms with Gasteiger partial charge in [-0.2, -0.15) is 0 Å². The molecule has 0 unspecified atom stereocenters. The Morgan fingerprint density at radius 3 is 2.43 bits per heavy atom. The van der Waals surface area contributed by atoms with Crippen molar-refractivity contribution in [2.45, 2.75) is 6.92 Å². The van der Waals surface area contributed by atoms with E-state index in [0.717, 1.165) is 5.56 Å². The summed E-state index contributed by atoms with van der Waals surface area (Å²) in [6, 6.07) is 6.87. The molecule has 0 amide bonds. The third-order valence-electron chi connectivity index (χ3n) is 1.83. The van der Waals surface area contributed by atoms with E-state index in [1.54, 1.807) is 31.2 Å². The fourth-order valence-electron chi connectivity index (χ4n) is 1.02. The second-order valence-corrected chi connectivity index (χ2v) is 2.75. The molecule has 74 valence electrons. The standard InChI is InChI=1S/C9H11N3O2/c1-6(11-13)7-3-2-4-8(5-7)9(10)12-14/h2-5,13-14H,1H3,(H2,10,12)/b11-6+. The zero-order chi connectivity index (χ0) is 10.6. The smallest absolute Gasteiger partial charge is 0.170 e. The minimum absolute atomic E-state index is 0.0255. The molecule has 0 radical (unpaired) electrons. The molecule has 0 saturated carbocycles. The number of rotatable bonds is 2. The van der Waals surface area contributed by atoms with Gasteiger partial charge in [0.25, 0.3) is 0 Å². The van der Waals surface area contributed by atoms with Crippen LogP contribution in [0.5, 0.6) is 0 Å². The Morgan fingerprint density at radius 2 is 1.86 bits per heavy atom. The Morgan fingerprint density at radius 1 is 1.21 bits per heavy atom. The molecular formula is C9H11N3O2. The van der Waals surface area contributed by atoms with E-state index in [1.165, 1.54) is 0 Å². The molecule has 0 spiro atoms. The average Bonchev–Trinajstić information content (AvgIpc) is 2.27. The van der Waals surface area contributed by atoms with Gasteiger partial charge in [-0.3, -0.25) is 0 Å². The number of amidine groups is 1. The van der Waals surface area contributed by atoms with E-state index in [9.17, 15) is 0 Å². The summed E-state index contributed by atoms with van der Waals surface area (Å²) < 4.78 is 0. The molecule has 1 rings (SSSR count). The largest absolute Gasteiger partial charge is 0.411 e. The van der Waals surface area contributed by atoms with Crippen LogP contribution in [0.15, 0.2) is 34.6 Å². The number of nitrogens with two attached hydrogens (primary N) is 1. The Labute approximate surface area is 81.2 Å². The van der Waals surface area contributed by atoms with Gasteiger partial charge < -0.3 is 16.1 Å². The summed E-state index contributed by atoms with van der Waals surface area (Å²) in [4.78, 5) is 0. The second-order valence-electron chi connectivity index (χ2n) is 2.75. The summed E-state index contributed by atoms with van der Waals surface area (Å²) in [6.07, 6.45) is 0. The number of nitrogens with zero attached hydrogens (tertiary/aromatic N) is 2. The minimum atomic E-state index is 0.0255. The third kappa shape index (κ3) is 2.01. The summed E-state index contributed by atoms with van der Waals surface area (Å²) in [5, 5.41) is 22.9. The van der Waals surface area contributed by atoms with Crippen molar-refractivity contribution >= 4 is 11.5 Å². The number of hydrogen-bond donors (Lipinski definition) is 3. The van der Waals surface area contributed by atoms with Crippen molar-refractivity contribution in [1.29, 1.82) is 0 Å². The lowest BCUT2D eigenvalue weighted by atomic mass is 10.1. The van der Waals surface area contributed by atoms with E-state index in [2.05, 4.69) is 10.3 Å². The molecule has 14 heavy (non-hydrogen) atoms. The van der Waals surface area contributed by atoms with Gasteiger partial charge in [-0.25, -0.2) is 0 Å². The van der Waals surface area contributed by atoms with Crippen LogP contribution >= 0.6 is 0 Å². The highest BCUT2D eigenvalue weighted by molar-refractivity contribution is 6.02. The molecule has 0 aliphatic rings. The number of oxime groups is 2. The molecule has 0 bridgehead atoms. The summed E-state index contributed by atoms with van der Waals surface area (Å²) in [7, 11) is 0. The minimum Gasteiger partial charge on any atom is -0.411 e. The topological polar surface area (TPSA) is 91.2 Å². The van der Waals surface area contributed by atoms with Crippen LogP contribution in [0.25, 0.3) is 0 Å². The maximum absolute atomic E-state index is 8.55. The van der Waals surface area contributed by atoms with Crippen molar-refractivity contribution in [3.05, 3.63) is 35.4 Å². The molecule has 0 aliphatic heterocycles. The van der Waals surface area contributed by atoms with Gasteiger partial charge in [0.05, 0.1) is 5.71 Å². The number of benzene rings is 1. The van der Waals surface area contributed by atoms with Crippen LogP contribution in [0, 0.1) is 0 Å². The maximum Gasteiger partial charge on any atom is 0.170 e. The third-order valence-corrected chi connectivity index (χ3v) is 1.83. The molecule has 5 heteroatoms. The summed E-state index contributed by atoms with van der Waals surface area (Å²) in [5.74, 6) is 0.0255. The van der Waals surface area contributed by atoms with Gasteiger partial charge in [0.2, 0.25) is 0 Å². The van der Waals surface area contributed by atoms with Crippen molar-refractivity contribution in [3.63, 3.8) is 0 Å². The van der Waals surface area contributed by atoms with E-state index < -0.39 is 0 Å². The molecule has 1 aromatic rings.